The van der Waals surface area contributed by atoms with E-state index in [1.54, 1.807) is 0 Å². The zero-order valence-corrected chi connectivity index (χ0v) is 52.4. The maximum absolute atomic E-state index is 13.0. The van der Waals surface area contributed by atoms with Gasteiger partial charge in [-0.1, -0.05) is 362 Å². The first-order chi connectivity index (χ1) is 37.3. The zero-order chi connectivity index (χ0) is 55.3. The summed E-state index contributed by atoms with van der Waals surface area (Å²) >= 11 is 0. The van der Waals surface area contributed by atoms with Crippen molar-refractivity contribution >= 4 is 17.9 Å². The van der Waals surface area contributed by atoms with Crippen molar-refractivity contribution < 1.29 is 28.6 Å². The van der Waals surface area contributed by atoms with Gasteiger partial charge in [0, 0.05) is 19.3 Å². The molecule has 0 aromatic carbocycles. The number of carbonyl (C=O) groups is 3. The Bertz CT molecular complexity index is 1170. The van der Waals surface area contributed by atoms with Crippen molar-refractivity contribution in [3.8, 4) is 0 Å². The monoisotopic (exact) mass is 1070 g/mol. The fourth-order valence-electron chi connectivity index (χ4n) is 11.0. The van der Waals surface area contributed by atoms with Gasteiger partial charge in [-0.2, -0.15) is 0 Å². The van der Waals surface area contributed by atoms with Crippen LogP contribution < -0.4 is 0 Å². The van der Waals surface area contributed by atoms with Gasteiger partial charge in [0.25, 0.3) is 0 Å². The number of ether oxygens (including phenoxy) is 3. The van der Waals surface area contributed by atoms with Crippen LogP contribution in [-0.4, -0.2) is 37.2 Å². The second-order valence-corrected chi connectivity index (χ2v) is 24.9. The number of esters is 3. The highest BCUT2D eigenvalue weighted by atomic mass is 16.6. The molecular formula is C70H136O6. The van der Waals surface area contributed by atoms with Gasteiger partial charge in [0.05, 0.1) is 0 Å². The van der Waals surface area contributed by atoms with Gasteiger partial charge in [0.15, 0.2) is 6.10 Å². The number of rotatable bonds is 64. The molecule has 6 heteroatoms. The minimum Gasteiger partial charge on any atom is -0.462 e. The molecule has 0 rings (SSSR count). The van der Waals surface area contributed by atoms with Crippen LogP contribution in [0.5, 0.6) is 0 Å². The Morgan fingerprint density at radius 1 is 0.276 bits per heavy atom. The molecule has 76 heavy (non-hydrogen) atoms. The van der Waals surface area contributed by atoms with E-state index in [0.29, 0.717) is 19.3 Å². The highest BCUT2D eigenvalue weighted by molar-refractivity contribution is 5.71. The third-order valence-electron chi connectivity index (χ3n) is 16.6. The highest BCUT2D eigenvalue weighted by Gasteiger charge is 2.20. The number of unbranched alkanes of at least 4 members (excludes halogenated alkanes) is 48. The van der Waals surface area contributed by atoms with Gasteiger partial charge in [0.1, 0.15) is 13.2 Å². The van der Waals surface area contributed by atoms with Gasteiger partial charge in [-0.15, -0.1) is 0 Å². The number of hydrogen-bond acceptors (Lipinski definition) is 6. The second kappa shape index (κ2) is 62.6. The maximum Gasteiger partial charge on any atom is 0.306 e. The van der Waals surface area contributed by atoms with Crippen LogP contribution in [0.3, 0.4) is 0 Å². The molecule has 0 aromatic heterocycles. The first-order valence-electron chi connectivity index (χ1n) is 34.8. The van der Waals surface area contributed by atoms with Crippen molar-refractivity contribution in [2.45, 2.75) is 407 Å². The molecule has 1 unspecified atom stereocenters. The third-order valence-corrected chi connectivity index (χ3v) is 16.6. The summed E-state index contributed by atoms with van der Waals surface area (Å²) in [6.45, 7) is 11.5. The van der Waals surface area contributed by atoms with E-state index in [4.69, 9.17) is 14.2 Å². The second-order valence-electron chi connectivity index (χ2n) is 24.9. The molecule has 0 heterocycles. The topological polar surface area (TPSA) is 78.9 Å². The molecule has 0 spiro atoms. The average Bonchev–Trinajstić information content (AvgIpc) is 3.41. The van der Waals surface area contributed by atoms with Crippen molar-refractivity contribution in [1.82, 2.24) is 0 Å². The first kappa shape index (κ1) is 74.4. The zero-order valence-electron chi connectivity index (χ0n) is 52.4. The van der Waals surface area contributed by atoms with E-state index in [0.717, 1.165) is 69.6 Å². The molecule has 0 amide bonds. The predicted octanol–water partition coefficient (Wildman–Crippen LogP) is 23.6. The molecule has 2 atom stereocenters. The Morgan fingerprint density at radius 2 is 0.500 bits per heavy atom. The molecule has 0 aliphatic rings. The molecule has 0 aliphatic heterocycles. The van der Waals surface area contributed by atoms with E-state index in [1.165, 1.54) is 289 Å². The summed E-state index contributed by atoms with van der Waals surface area (Å²) in [6.07, 6.45) is 71.1. The summed E-state index contributed by atoms with van der Waals surface area (Å²) in [5, 5.41) is 0. The lowest BCUT2D eigenvalue weighted by atomic mass is 9.99. The van der Waals surface area contributed by atoms with E-state index in [9.17, 15) is 14.4 Å². The van der Waals surface area contributed by atoms with Crippen LogP contribution in [0.1, 0.15) is 401 Å². The summed E-state index contributed by atoms with van der Waals surface area (Å²) in [4.78, 5) is 38.4. The van der Waals surface area contributed by atoms with Gasteiger partial charge < -0.3 is 14.2 Å². The summed E-state index contributed by atoms with van der Waals surface area (Å²) in [7, 11) is 0. The number of carbonyl (C=O) groups excluding carboxylic acids is 3. The minimum absolute atomic E-state index is 0.0612. The van der Waals surface area contributed by atoms with E-state index >= 15 is 0 Å². The Kier molecular flexibility index (Phi) is 61.3. The standard InChI is InChI=1S/C70H136O6/c1-6-8-9-10-11-12-13-14-15-18-25-30-35-40-45-50-55-60-68(71)74-63-67(64-75-69(72)61-56-51-46-41-36-31-26-22-21-23-28-33-38-43-48-53-58-65(3)4)76-70(73)62-57-52-47-42-37-32-27-20-17-16-19-24-29-34-39-44-49-54-59-66(5)7-2/h65-67H,6-64H2,1-5H3/t66?,67-/m0/s1. The van der Waals surface area contributed by atoms with Crippen LogP contribution in [0.2, 0.25) is 0 Å². The lowest BCUT2D eigenvalue weighted by Crippen LogP contribution is -2.30. The molecule has 0 saturated carbocycles. The van der Waals surface area contributed by atoms with Crippen molar-refractivity contribution in [3.05, 3.63) is 0 Å². The average molecular weight is 1070 g/mol. The van der Waals surface area contributed by atoms with Gasteiger partial charge in [-0.05, 0) is 31.1 Å². The molecule has 0 aliphatic carbocycles. The summed E-state index contributed by atoms with van der Waals surface area (Å²) in [5.74, 6) is 0.938. The lowest BCUT2D eigenvalue weighted by Gasteiger charge is -2.18. The Labute approximate surface area is 476 Å². The van der Waals surface area contributed by atoms with E-state index in [1.807, 2.05) is 0 Å². The van der Waals surface area contributed by atoms with Crippen LogP contribution in [0, 0.1) is 11.8 Å². The van der Waals surface area contributed by atoms with E-state index in [2.05, 4.69) is 34.6 Å². The molecule has 0 saturated heterocycles. The molecule has 0 radical (unpaired) electrons. The van der Waals surface area contributed by atoms with E-state index < -0.39 is 6.10 Å². The van der Waals surface area contributed by atoms with Crippen molar-refractivity contribution in [1.29, 1.82) is 0 Å². The lowest BCUT2D eigenvalue weighted by molar-refractivity contribution is -0.167. The number of hydrogen-bond donors (Lipinski definition) is 0. The molecule has 0 aromatic rings. The van der Waals surface area contributed by atoms with Crippen LogP contribution in [0.15, 0.2) is 0 Å². The Hall–Kier alpha value is -1.59. The minimum atomic E-state index is -0.764. The molecular weight excluding hydrogens is 937 g/mol. The van der Waals surface area contributed by atoms with Crippen molar-refractivity contribution in [2.75, 3.05) is 13.2 Å². The molecule has 6 nitrogen and oxygen atoms in total. The fraction of sp³-hybridized carbons (Fsp3) is 0.957. The summed E-state index contributed by atoms with van der Waals surface area (Å²) < 4.78 is 17.0. The van der Waals surface area contributed by atoms with Crippen LogP contribution >= 0.6 is 0 Å². The molecule has 0 bridgehead atoms. The van der Waals surface area contributed by atoms with Crippen molar-refractivity contribution in [2.24, 2.45) is 11.8 Å². The van der Waals surface area contributed by atoms with Gasteiger partial charge in [-0.25, -0.2) is 0 Å². The predicted molar refractivity (Wildman–Crippen MR) is 330 cm³/mol. The van der Waals surface area contributed by atoms with Gasteiger partial charge in [-0.3, -0.25) is 14.4 Å². The molecule has 452 valence electrons. The van der Waals surface area contributed by atoms with E-state index in [-0.39, 0.29) is 31.1 Å². The quantitative estimate of drug-likeness (QED) is 0.0343. The summed E-state index contributed by atoms with van der Waals surface area (Å²) in [6, 6.07) is 0. The molecule has 0 N–H and O–H groups in total. The first-order valence-corrected chi connectivity index (χ1v) is 34.8. The van der Waals surface area contributed by atoms with Crippen LogP contribution in [0.4, 0.5) is 0 Å². The Balaban J connectivity index is 4.27. The highest BCUT2D eigenvalue weighted by Crippen LogP contribution is 2.20. The maximum atomic E-state index is 13.0. The Morgan fingerprint density at radius 3 is 0.750 bits per heavy atom. The van der Waals surface area contributed by atoms with Gasteiger partial charge in [0.2, 0.25) is 0 Å². The largest absolute Gasteiger partial charge is 0.462 e. The third kappa shape index (κ3) is 61.6. The normalized spacial score (nSPS) is 12.4. The smallest absolute Gasteiger partial charge is 0.306 e. The fourth-order valence-corrected chi connectivity index (χ4v) is 11.0. The molecule has 0 fully saturated rings. The van der Waals surface area contributed by atoms with Crippen molar-refractivity contribution in [3.63, 3.8) is 0 Å². The van der Waals surface area contributed by atoms with Crippen LogP contribution in [0.25, 0.3) is 0 Å². The SMILES string of the molecule is CCCCCCCCCCCCCCCCCCCC(=O)OC[C@@H](COC(=O)CCCCCCCCCCCCCCCCCCC(C)C)OC(=O)CCCCCCCCCCCCCCCCCCCCC(C)CC. The van der Waals surface area contributed by atoms with Gasteiger partial charge >= 0.3 is 17.9 Å². The van der Waals surface area contributed by atoms with Crippen LogP contribution in [-0.2, 0) is 28.6 Å². The summed E-state index contributed by atoms with van der Waals surface area (Å²) in [5.41, 5.74) is 0.